The molecule has 1 aromatic heterocycles. The largest absolute Gasteiger partial charge is 0.382 e. The molecule has 2 aliphatic carbocycles. The SMILES string of the molecule is CC1CCc2cccc(C3C(C)C(C)C4c5c(sc6ccccc56)C=CC34)c2N1. The first-order chi connectivity index (χ1) is 14.1. The summed E-state index contributed by atoms with van der Waals surface area (Å²) in [4.78, 5) is 1.49. The number of thiophene rings is 1. The Bertz CT molecular complexity index is 1120. The molecule has 0 saturated heterocycles. The third-order valence-electron chi connectivity index (χ3n) is 8.04. The predicted octanol–water partition coefficient (Wildman–Crippen LogP) is 7.44. The lowest BCUT2D eigenvalue weighted by Gasteiger charge is -2.32. The van der Waals surface area contributed by atoms with Gasteiger partial charge < -0.3 is 5.32 Å². The third-order valence-corrected chi connectivity index (χ3v) is 9.19. The number of rotatable bonds is 1. The Balaban J connectivity index is 1.50. The Morgan fingerprint density at radius 3 is 2.66 bits per heavy atom. The molecule has 3 aromatic rings. The zero-order valence-corrected chi connectivity index (χ0v) is 18.3. The minimum atomic E-state index is 0.572. The highest BCUT2D eigenvalue weighted by molar-refractivity contribution is 7.20. The van der Waals surface area contributed by atoms with Gasteiger partial charge in [0.05, 0.1) is 0 Å². The molecule has 29 heavy (non-hydrogen) atoms. The van der Waals surface area contributed by atoms with E-state index in [4.69, 9.17) is 0 Å². The van der Waals surface area contributed by atoms with Crippen LogP contribution in [0.2, 0.25) is 0 Å². The van der Waals surface area contributed by atoms with Gasteiger partial charge in [-0.15, -0.1) is 11.3 Å². The van der Waals surface area contributed by atoms with Crippen molar-refractivity contribution >= 4 is 33.2 Å². The molecule has 1 aliphatic heterocycles. The number of allylic oxidation sites excluding steroid dienone is 1. The fraction of sp³-hybridized carbons (Fsp3) is 0.407. The zero-order chi connectivity index (χ0) is 19.7. The van der Waals surface area contributed by atoms with E-state index in [1.54, 1.807) is 11.1 Å². The molecule has 1 N–H and O–H groups in total. The number of fused-ring (bicyclic) bond motifs is 6. The second-order valence-electron chi connectivity index (χ2n) is 9.55. The fourth-order valence-corrected chi connectivity index (χ4v) is 7.66. The van der Waals surface area contributed by atoms with Crippen molar-refractivity contribution in [2.75, 3.05) is 5.32 Å². The van der Waals surface area contributed by atoms with Gasteiger partial charge in [0.15, 0.2) is 0 Å². The predicted molar refractivity (Wildman–Crippen MR) is 126 cm³/mol. The van der Waals surface area contributed by atoms with Crippen LogP contribution < -0.4 is 5.32 Å². The molecular formula is C27H29NS. The van der Waals surface area contributed by atoms with Crippen LogP contribution in [-0.4, -0.2) is 6.04 Å². The van der Waals surface area contributed by atoms with E-state index >= 15 is 0 Å². The van der Waals surface area contributed by atoms with Gasteiger partial charge in [-0.1, -0.05) is 56.3 Å². The molecule has 1 saturated carbocycles. The van der Waals surface area contributed by atoms with Gasteiger partial charge in [-0.3, -0.25) is 0 Å². The van der Waals surface area contributed by atoms with E-state index in [0.29, 0.717) is 35.6 Å². The highest BCUT2D eigenvalue weighted by Gasteiger charge is 2.49. The van der Waals surface area contributed by atoms with Crippen molar-refractivity contribution in [3.05, 3.63) is 70.1 Å². The summed E-state index contributed by atoms with van der Waals surface area (Å²) < 4.78 is 1.44. The Labute approximate surface area is 177 Å². The number of aryl methyl sites for hydroxylation is 1. The van der Waals surface area contributed by atoms with E-state index in [2.05, 4.69) is 80.7 Å². The highest BCUT2D eigenvalue weighted by atomic mass is 32.1. The van der Waals surface area contributed by atoms with Crippen LogP contribution >= 0.6 is 11.3 Å². The second-order valence-corrected chi connectivity index (χ2v) is 10.6. The van der Waals surface area contributed by atoms with Crippen LogP contribution in [0.5, 0.6) is 0 Å². The van der Waals surface area contributed by atoms with Crippen LogP contribution in [0.15, 0.2) is 48.5 Å². The van der Waals surface area contributed by atoms with Crippen LogP contribution in [0.1, 0.15) is 60.6 Å². The van der Waals surface area contributed by atoms with Crippen LogP contribution in [0, 0.1) is 17.8 Å². The minimum absolute atomic E-state index is 0.572. The summed E-state index contributed by atoms with van der Waals surface area (Å²) in [5, 5.41) is 5.35. The van der Waals surface area contributed by atoms with Gasteiger partial charge >= 0.3 is 0 Å². The molecule has 6 atom stereocenters. The molecule has 0 bridgehead atoms. The molecule has 0 spiro atoms. The lowest BCUT2D eigenvalue weighted by Crippen LogP contribution is -2.25. The highest BCUT2D eigenvalue weighted by Crippen LogP contribution is 2.61. The van der Waals surface area contributed by atoms with E-state index in [0.717, 1.165) is 0 Å². The topological polar surface area (TPSA) is 12.0 Å². The molecule has 6 rings (SSSR count). The molecule has 1 fully saturated rings. The Morgan fingerprint density at radius 1 is 0.931 bits per heavy atom. The van der Waals surface area contributed by atoms with Crippen molar-refractivity contribution in [1.82, 2.24) is 0 Å². The summed E-state index contributed by atoms with van der Waals surface area (Å²) in [5.41, 5.74) is 6.16. The van der Waals surface area contributed by atoms with Crippen LogP contribution in [-0.2, 0) is 6.42 Å². The van der Waals surface area contributed by atoms with E-state index in [9.17, 15) is 0 Å². The maximum Gasteiger partial charge on any atom is 0.0410 e. The summed E-state index contributed by atoms with van der Waals surface area (Å²) in [6.07, 6.45) is 7.43. The minimum Gasteiger partial charge on any atom is -0.382 e. The summed E-state index contributed by atoms with van der Waals surface area (Å²) in [5.74, 6) is 3.17. The van der Waals surface area contributed by atoms with Gasteiger partial charge in [-0.25, -0.2) is 0 Å². The van der Waals surface area contributed by atoms with E-state index < -0.39 is 0 Å². The number of hydrogen-bond donors (Lipinski definition) is 1. The van der Waals surface area contributed by atoms with E-state index in [1.807, 2.05) is 11.3 Å². The van der Waals surface area contributed by atoms with Gasteiger partial charge in [0, 0.05) is 21.3 Å². The molecule has 2 heteroatoms. The average molecular weight is 400 g/mol. The number of nitrogens with one attached hydrogen (secondary N) is 1. The van der Waals surface area contributed by atoms with Crippen LogP contribution in [0.25, 0.3) is 16.2 Å². The number of hydrogen-bond acceptors (Lipinski definition) is 2. The summed E-state index contributed by atoms with van der Waals surface area (Å²) in [7, 11) is 0. The molecule has 0 radical (unpaired) electrons. The lowest BCUT2D eigenvalue weighted by atomic mass is 9.75. The summed E-state index contributed by atoms with van der Waals surface area (Å²) >= 11 is 1.97. The van der Waals surface area contributed by atoms with Gasteiger partial charge in [-0.2, -0.15) is 0 Å². The van der Waals surface area contributed by atoms with E-state index in [1.165, 1.54) is 39.1 Å². The molecule has 2 aromatic carbocycles. The third kappa shape index (κ3) is 2.51. The number of para-hydroxylation sites is 1. The van der Waals surface area contributed by atoms with Crippen molar-refractivity contribution in [3.63, 3.8) is 0 Å². The molecule has 3 aliphatic rings. The van der Waals surface area contributed by atoms with Gasteiger partial charge in [0.2, 0.25) is 0 Å². The van der Waals surface area contributed by atoms with E-state index in [-0.39, 0.29) is 0 Å². The van der Waals surface area contributed by atoms with Crippen molar-refractivity contribution in [3.8, 4) is 0 Å². The first kappa shape index (κ1) is 17.8. The first-order valence-electron chi connectivity index (χ1n) is 11.2. The number of anilines is 1. The Kier molecular flexibility index (Phi) is 3.96. The standard InChI is InChI=1S/C27H29NS/c1-15-11-12-18-7-6-9-21(27(18)28-15)24-16(2)17(3)25-20(24)13-14-23-26(25)19-8-4-5-10-22(19)29-23/h4-10,13-17,20,24-25,28H,11-12H2,1-3H3. The quantitative estimate of drug-likeness (QED) is 0.448. The molecule has 148 valence electrons. The lowest BCUT2D eigenvalue weighted by molar-refractivity contribution is 0.403. The molecule has 0 amide bonds. The van der Waals surface area contributed by atoms with Gasteiger partial charge in [-0.05, 0) is 83.6 Å². The summed E-state index contributed by atoms with van der Waals surface area (Å²) in [6.45, 7) is 7.33. The second kappa shape index (κ2) is 6.47. The number of benzene rings is 2. The molecule has 2 heterocycles. The average Bonchev–Trinajstić information content (AvgIpc) is 3.23. The normalized spacial score (nSPS) is 32.5. The van der Waals surface area contributed by atoms with Crippen LogP contribution in [0.4, 0.5) is 5.69 Å². The maximum atomic E-state index is 3.86. The maximum absolute atomic E-state index is 3.86. The van der Waals surface area contributed by atoms with Gasteiger partial charge in [0.25, 0.3) is 0 Å². The molecular weight excluding hydrogens is 370 g/mol. The van der Waals surface area contributed by atoms with Crippen LogP contribution in [0.3, 0.4) is 0 Å². The molecule has 6 unspecified atom stereocenters. The van der Waals surface area contributed by atoms with Crippen molar-refractivity contribution in [1.29, 1.82) is 0 Å². The fourth-order valence-electron chi connectivity index (χ4n) is 6.49. The summed E-state index contributed by atoms with van der Waals surface area (Å²) in [6, 6.07) is 16.6. The van der Waals surface area contributed by atoms with Gasteiger partial charge in [0.1, 0.15) is 0 Å². The Morgan fingerprint density at radius 2 is 1.76 bits per heavy atom. The monoisotopic (exact) mass is 399 g/mol. The zero-order valence-electron chi connectivity index (χ0n) is 17.5. The van der Waals surface area contributed by atoms with Crippen molar-refractivity contribution < 1.29 is 0 Å². The Hall–Kier alpha value is -2.06. The first-order valence-corrected chi connectivity index (χ1v) is 12.0. The van der Waals surface area contributed by atoms with Crippen molar-refractivity contribution in [2.45, 2.75) is 51.5 Å². The molecule has 1 nitrogen and oxygen atoms in total. The smallest absolute Gasteiger partial charge is 0.0410 e. The van der Waals surface area contributed by atoms with Crippen molar-refractivity contribution in [2.24, 2.45) is 17.8 Å².